The van der Waals surface area contributed by atoms with Crippen molar-refractivity contribution in [3.8, 4) is 0 Å². The molecule has 106 valence electrons. The lowest BCUT2D eigenvalue weighted by Gasteiger charge is -2.29. The van der Waals surface area contributed by atoms with Gasteiger partial charge in [0.05, 0.1) is 11.5 Å². The van der Waals surface area contributed by atoms with Gasteiger partial charge in [0, 0.05) is 18.4 Å². The van der Waals surface area contributed by atoms with Gasteiger partial charge in [0.1, 0.15) is 5.76 Å². The molecule has 2 atom stereocenters. The van der Waals surface area contributed by atoms with E-state index in [0.29, 0.717) is 0 Å². The quantitative estimate of drug-likeness (QED) is 0.469. The van der Waals surface area contributed by atoms with Gasteiger partial charge >= 0.3 is 0 Å². The molecular weight excluding hydrogens is 256 g/mol. The van der Waals surface area contributed by atoms with Gasteiger partial charge in [-0.05, 0) is 6.92 Å². The molecule has 1 aliphatic carbocycles. The predicted octanol–water partition coefficient (Wildman–Crippen LogP) is 2.96. The Kier molecular flexibility index (Phi) is 4.86. The highest BCUT2D eigenvalue weighted by molar-refractivity contribution is 6.10. The monoisotopic (exact) mass is 274 g/mol. The Bertz CT molecular complexity index is 561. The molecule has 0 spiro atoms. The molecule has 2 N–H and O–H groups in total. The van der Waals surface area contributed by atoms with Gasteiger partial charge in [0.2, 0.25) is 0 Å². The third-order valence-electron chi connectivity index (χ3n) is 3.23. The van der Waals surface area contributed by atoms with Crippen LogP contribution in [-0.2, 0) is 9.59 Å². The molecule has 0 fully saturated rings. The smallest absolute Gasteiger partial charge is 0.194 e. The number of carbonyl (C=O) groups excluding carboxylic acids is 2. The second-order valence-corrected chi connectivity index (χ2v) is 4.46. The van der Waals surface area contributed by atoms with Gasteiger partial charge in [-0.1, -0.05) is 30.9 Å². The third kappa shape index (κ3) is 2.50. The molecule has 20 heavy (non-hydrogen) atoms. The Labute approximate surface area is 118 Å². The Hall–Kier alpha value is -2.36. The molecule has 0 bridgehead atoms. The zero-order chi connectivity index (χ0) is 15.4. The minimum Gasteiger partial charge on any atom is -0.511 e. The Morgan fingerprint density at radius 1 is 1.30 bits per heavy atom. The van der Waals surface area contributed by atoms with Gasteiger partial charge in [-0.3, -0.25) is 9.59 Å². The largest absolute Gasteiger partial charge is 0.511 e. The van der Waals surface area contributed by atoms with Crippen LogP contribution in [0, 0.1) is 11.8 Å². The molecule has 0 amide bonds. The minimum atomic E-state index is -0.697. The van der Waals surface area contributed by atoms with Crippen molar-refractivity contribution in [2.24, 2.45) is 11.8 Å². The SMILES string of the molecule is C=CC1=C(O)C(C=C)C(/C=C\C)C(=O)C1=C(O)C(C)=O. The molecule has 0 saturated carbocycles. The third-order valence-corrected chi connectivity index (χ3v) is 3.23. The molecular formula is C16H18O4. The first kappa shape index (κ1) is 15.7. The van der Waals surface area contributed by atoms with Crippen LogP contribution in [0.1, 0.15) is 13.8 Å². The molecule has 1 aliphatic rings. The van der Waals surface area contributed by atoms with Crippen LogP contribution in [0.5, 0.6) is 0 Å². The molecule has 0 aromatic carbocycles. The Balaban J connectivity index is 3.68. The molecule has 0 aliphatic heterocycles. The standard InChI is InChI=1S/C16H18O4/c1-5-8-12-10(6-2)15(19)11(7-3)13(16(12)20)14(18)9(4)17/h5-8,10,12,18-19H,2-3H2,1,4H3/b8-5-,14-13?. The summed E-state index contributed by atoms with van der Waals surface area (Å²) in [5.74, 6) is -3.16. The lowest BCUT2D eigenvalue weighted by molar-refractivity contribution is -0.121. The molecule has 4 nitrogen and oxygen atoms in total. The topological polar surface area (TPSA) is 74.6 Å². The summed E-state index contributed by atoms with van der Waals surface area (Å²) in [7, 11) is 0. The van der Waals surface area contributed by atoms with E-state index in [2.05, 4.69) is 13.2 Å². The molecule has 0 heterocycles. The van der Waals surface area contributed by atoms with Crippen LogP contribution in [0.15, 0.2) is 60.1 Å². The molecule has 2 unspecified atom stereocenters. The summed E-state index contributed by atoms with van der Waals surface area (Å²) in [5, 5.41) is 20.1. The number of ketones is 2. The molecule has 0 saturated heterocycles. The number of aliphatic hydroxyl groups is 2. The fourth-order valence-corrected chi connectivity index (χ4v) is 2.24. The van der Waals surface area contributed by atoms with Crippen LogP contribution >= 0.6 is 0 Å². The van der Waals surface area contributed by atoms with Crippen molar-refractivity contribution in [2.75, 3.05) is 0 Å². The molecule has 0 aromatic heterocycles. The predicted molar refractivity (Wildman–Crippen MR) is 77.2 cm³/mol. The lowest BCUT2D eigenvalue weighted by atomic mass is 9.74. The first-order chi connectivity index (χ1) is 9.40. The zero-order valence-electron chi connectivity index (χ0n) is 11.6. The van der Waals surface area contributed by atoms with Crippen LogP contribution in [-0.4, -0.2) is 21.8 Å². The number of hydrogen-bond donors (Lipinski definition) is 2. The van der Waals surface area contributed by atoms with E-state index in [0.717, 1.165) is 6.92 Å². The van der Waals surface area contributed by atoms with Gasteiger partial charge in [0.25, 0.3) is 0 Å². The summed E-state index contributed by atoms with van der Waals surface area (Å²) in [6.45, 7) is 10.0. The summed E-state index contributed by atoms with van der Waals surface area (Å²) in [6, 6.07) is 0. The summed E-state index contributed by atoms with van der Waals surface area (Å²) < 4.78 is 0. The van der Waals surface area contributed by atoms with Crippen molar-refractivity contribution in [1.82, 2.24) is 0 Å². The summed E-state index contributed by atoms with van der Waals surface area (Å²) in [6.07, 6.45) is 6.00. The van der Waals surface area contributed by atoms with Crippen molar-refractivity contribution in [3.63, 3.8) is 0 Å². The van der Waals surface area contributed by atoms with Crippen LogP contribution in [0.3, 0.4) is 0 Å². The molecule has 0 radical (unpaired) electrons. The normalized spacial score (nSPS) is 25.8. The fraction of sp³-hybridized carbons (Fsp3) is 0.250. The fourth-order valence-electron chi connectivity index (χ4n) is 2.24. The van der Waals surface area contributed by atoms with Crippen molar-refractivity contribution in [2.45, 2.75) is 13.8 Å². The number of aliphatic hydroxyl groups excluding tert-OH is 2. The maximum Gasteiger partial charge on any atom is 0.194 e. The van der Waals surface area contributed by atoms with Gasteiger partial charge in [-0.25, -0.2) is 0 Å². The number of rotatable bonds is 4. The Morgan fingerprint density at radius 3 is 2.30 bits per heavy atom. The average Bonchev–Trinajstić information content (AvgIpc) is 2.41. The molecule has 4 heteroatoms. The maximum atomic E-state index is 12.5. The van der Waals surface area contributed by atoms with E-state index in [1.807, 2.05) is 0 Å². The van der Waals surface area contributed by atoms with Gasteiger partial charge in [-0.2, -0.15) is 0 Å². The number of carbonyl (C=O) groups is 2. The highest BCUT2D eigenvalue weighted by Crippen LogP contribution is 2.37. The maximum absolute atomic E-state index is 12.5. The van der Waals surface area contributed by atoms with Crippen LogP contribution in [0.4, 0.5) is 0 Å². The van der Waals surface area contributed by atoms with E-state index in [4.69, 9.17) is 0 Å². The number of allylic oxidation sites excluding steroid dienone is 7. The highest BCUT2D eigenvalue weighted by atomic mass is 16.3. The van der Waals surface area contributed by atoms with Gasteiger partial charge in [-0.15, -0.1) is 6.58 Å². The number of Topliss-reactive ketones (excluding diaryl/α,β-unsaturated/α-hetero) is 2. The molecule has 0 aromatic rings. The summed E-state index contributed by atoms with van der Waals surface area (Å²) in [5.41, 5.74) is -0.112. The second-order valence-electron chi connectivity index (χ2n) is 4.46. The second kappa shape index (κ2) is 6.19. The van der Waals surface area contributed by atoms with Crippen molar-refractivity contribution >= 4 is 11.6 Å². The first-order valence-corrected chi connectivity index (χ1v) is 6.20. The van der Waals surface area contributed by atoms with E-state index in [1.54, 1.807) is 19.1 Å². The van der Waals surface area contributed by atoms with Crippen LogP contribution in [0.25, 0.3) is 0 Å². The summed E-state index contributed by atoms with van der Waals surface area (Å²) >= 11 is 0. The minimum absolute atomic E-state index is 0.0772. The Morgan fingerprint density at radius 2 is 1.90 bits per heavy atom. The van der Waals surface area contributed by atoms with Gasteiger partial charge in [0.15, 0.2) is 17.3 Å². The van der Waals surface area contributed by atoms with Crippen LogP contribution < -0.4 is 0 Å². The van der Waals surface area contributed by atoms with Crippen molar-refractivity contribution in [1.29, 1.82) is 0 Å². The summed E-state index contributed by atoms with van der Waals surface area (Å²) in [4.78, 5) is 23.8. The average molecular weight is 274 g/mol. The van der Waals surface area contributed by atoms with Crippen LogP contribution in [0.2, 0.25) is 0 Å². The van der Waals surface area contributed by atoms with E-state index < -0.39 is 29.2 Å². The van der Waals surface area contributed by atoms with E-state index >= 15 is 0 Å². The van der Waals surface area contributed by atoms with Crippen molar-refractivity contribution < 1.29 is 19.8 Å². The van der Waals surface area contributed by atoms with E-state index in [-0.39, 0.29) is 16.9 Å². The lowest BCUT2D eigenvalue weighted by Crippen LogP contribution is -2.31. The first-order valence-electron chi connectivity index (χ1n) is 6.20. The highest BCUT2D eigenvalue weighted by Gasteiger charge is 2.39. The van der Waals surface area contributed by atoms with Gasteiger partial charge < -0.3 is 10.2 Å². The molecule has 1 rings (SSSR count). The zero-order valence-corrected chi connectivity index (χ0v) is 11.6. The van der Waals surface area contributed by atoms with E-state index in [9.17, 15) is 19.8 Å². The number of hydrogen-bond acceptors (Lipinski definition) is 4. The van der Waals surface area contributed by atoms with Crippen molar-refractivity contribution in [3.05, 3.63) is 60.1 Å². The van der Waals surface area contributed by atoms with E-state index in [1.165, 1.54) is 12.2 Å².